The van der Waals surface area contributed by atoms with Crippen molar-refractivity contribution in [2.75, 3.05) is 0 Å². The Balaban J connectivity index is 2.52. The summed E-state index contributed by atoms with van der Waals surface area (Å²) < 4.78 is 13.2. The standard InChI is InChI=1S/C10H7FNS/c1-7-6-13-10(12-7)8-4-2-3-5-9(8)11/h2-6H,1H2. The molecule has 0 aliphatic rings. The van der Waals surface area contributed by atoms with E-state index < -0.39 is 0 Å². The van der Waals surface area contributed by atoms with E-state index in [2.05, 4.69) is 11.9 Å². The van der Waals surface area contributed by atoms with E-state index in [1.807, 2.05) is 5.38 Å². The molecule has 0 bridgehead atoms. The van der Waals surface area contributed by atoms with Gasteiger partial charge in [0.2, 0.25) is 0 Å². The van der Waals surface area contributed by atoms with Crippen molar-refractivity contribution in [3.8, 4) is 10.6 Å². The average molecular weight is 192 g/mol. The van der Waals surface area contributed by atoms with Gasteiger partial charge in [0.15, 0.2) is 0 Å². The second kappa shape index (κ2) is 3.26. The Morgan fingerprint density at radius 1 is 1.31 bits per heavy atom. The summed E-state index contributed by atoms with van der Waals surface area (Å²) in [6.07, 6.45) is 0. The van der Waals surface area contributed by atoms with Crippen LogP contribution in [0.15, 0.2) is 29.6 Å². The van der Waals surface area contributed by atoms with E-state index in [4.69, 9.17) is 0 Å². The van der Waals surface area contributed by atoms with Gasteiger partial charge in [0.25, 0.3) is 0 Å². The normalized spacial score (nSPS) is 10.3. The van der Waals surface area contributed by atoms with E-state index >= 15 is 0 Å². The second-order valence-electron chi connectivity index (χ2n) is 2.62. The molecule has 1 aromatic carbocycles. The number of hydrogen-bond donors (Lipinski definition) is 0. The van der Waals surface area contributed by atoms with Gasteiger partial charge in [0.05, 0.1) is 5.69 Å². The minimum absolute atomic E-state index is 0.239. The molecule has 3 heteroatoms. The van der Waals surface area contributed by atoms with Crippen molar-refractivity contribution in [2.24, 2.45) is 0 Å². The molecular formula is C10H7FNS. The fourth-order valence-corrected chi connectivity index (χ4v) is 1.83. The zero-order valence-electron chi connectivity index (χ0n) is 6.83. The van der Waals surface area contributed by atoms with Crippen molar-refractivity contribution in [3.63, 3.8) is 0 Å². The van der Waals surface area contributed by atoms with Crippen LogP contribution in [0.4, 0.5) is 4.39 Å². The molecule has 0 atom stereocenters. The van der Waals surface area contributed by atoms with E-state index in [0.717, 1.165) is 0 Å². The Hall–Kier alpha value is -1.22. The van der Waals surface area contributed by atoms with Crippen molar-refractivity contribution in [1.82, 2.24) is 4.98 Å². The predicted octanol–water partition coefficient (Wildman–Crippen LogP) is 3.13. The first-order valence-electron chi connectivity index (χ1n) is 3.80. The maximum absolute atomic E-state index is 13.2. The maximum Gasteiger partial charge on any atom is 0.133 e. The zero-order chi connectivity index (χ0) is 9.26. The molecule has 0 aliphatic carbocycles. The van der Waals surface area contributed by atoms with Crippen molar-refractivity contribution in [3.05, 3.63) is 48.1 Å². The fourth-order valence-electron chi connectivity index (χ4n) is 1.07. The van der Waals surface area contributed by atoms with Gasteiger partial charge in [0.1, 0.15) is 10.8 Å². The highest BCUT2D eigenvalue weighted by molar-refractivity contribution is 7.13. The number of nitrogens with zero attached hydrogens (tertiary/aromatic N) is 1. The third-order valence-corrected chi connectivity index (χ3v) is 2.58. The summed E-state index contributed by atoms with van der Waals surface area (Å²) in [4.78, 5) is 4.11. The van der Waals surface area contributed by atoms with Gasteiger partial charge in [-0.1, -0.05) is 12.1 Å². The molecule has 1 radical (unpaired) electrons. The molecule has 0 spiro atoms. The number of benzene rings is 1. The molecule has 65 valence electrons. The molecular weight excluding hydrogens is 185 g/mol. The summed E-state index contributed by atoms with van der Waals surface area (Å²) in [6.45, 7) is 3.67. The first-order chi connectivity index (χ1) is 6.27. The highest BCUT2D eigenvalue weighted by Crippen LogP contribution is 2.25. The lowest BCUT2D eigenvalue weighted by Gasteiger charge is -1.96. The highest BCUT2D eigenvalue weighted by Gasteiger charge is 2.06. The predicted molar refractivity (Wildman–Crippen MR) is 52.0 cm³/mol. The van der Waals surface area contributed by atoms with Crippen molar-refractivity contribution >= 4 is 11.3 Å². The number of thiazole rings is 1. The Morgan fingerprint density at radius 2 is 2.08 bits per heavy atom. The number of hydrogen-bond acceptors (Lipinski definition) is 2. The maximum atomic E-state index is 13.2. The van der Waals surface area contributed by atoms with Gasteiger partial charge in [-0.25, -0.2) is 9.37 Å². The molecule has 0 saturated heterocycles. The molecule has 2 rings (SSSR count). The average Bonchev–Trinajstić information content (AvgIpc) is 2.53. The van der Waals surface area contributed by atoms with Gasteiger partial charge >= 0.3 is 0 Å². The van der Waals surface area contributed by atoms with Crippen LogP contribution in [-0.4, -0.2) is 4.98 Å². The van der Waals surface area contributed by atoms with Crippen LogP contribution in [0.5, 0.6) is 0 Å². The number of halogens is 1. The Labute approximate surface area is 79.9 Å². The van der Waals surface area contributed by atoms with Gasteiger partial charge in [0, 0.05) is 10.9 Å². The molecule has 1 heterocycles. The molecule has 0 N–H and O–H groups in total. The van der Waals surface area contributed by atoms with Crippen LogP contribution < -0.4 is 0 Å². The molecule has 0 aliphatic heterocycles. The minimum Gasteiger partial charge on any atom is -0.241 e. The molecule has 0 saturated carbocycles. The largest absolute Gasteiger partial charge is 0.241 e. The second-order valence-corrected chi connectivity index (χ2v) is 3.48. The minimum atomic E-state index is -0.239. The lowest BCUT2D eigenvalue weighted by Crippen LogP contribution is -1.82. The van der Waals surface area contributed by atoms with Crippen LogP contribution >= 0.6 is 11.3 Å². The van der Waals surface area contributed by atoms with Gasteiger partial charge in [-0.2, -0.15) is 0 Å². The summed E-state index contributed by atoms with van der Waals surface area (Å²) in [5.41, 5.74) is 1.23. The summed E-state index contributed by atoms with van der Waals surface area (Å²) >= 11 is 1.40. The van der Waals surface area contributed by atoms with E-state index in [9.17, 15) is 4.39 Å². The third-order valence-electron chi connectivity index (χ3n) is 1.66. The topological polar surface area (TPSA) is 12.9 Å². The Kier molecular flexibility index (Phi) is 2.10. The molecule has 1 nitrogen and oxygen atoms in total. The lowest BCUT2D eigenvalue weighted by molar-refractivity contribution is 0.631. The third kappa shape index (κ3) is 1.60. The quantitative estimate of drug-likeness (QED) is 0.676. The first kappa shape index (κ1) is 8.38. The van der Waals surface area contributed by atoms with Crippen LogP contribution in [-0.2, 0) is 0 Å². The van der Waals surface area contributed by atoms with E-state index in [-0.39, 0.29) is 5.82 Å². The van der Waals surface area contributed by atoms with Gasteiger partial charge in [-0.3, -0.25) is 0 Å². The van der Waals surface area contributed by atoms with Crippen LogP contribution in [0, 0.1) is 12.7 Å². The summed E-state index contributed by atoms with van der Waals surface area (Å²) in [6, 6.07) is 6.60. The zero-order valence-corrected chi connectivity index (χ0v) is 7.64. The molecule has 0 amide bonds. The van der Waals surface area contributed by atoms with Gasteiger partial charge in [-0.05, 0) is 19.1 Å². The van der Waals surface area contributed by atoms with Crippen molar-refractivity contribution in [2.45, 2.75) is 0 Å². The van der Waals surface area contributed by atoms with Gasteiger partial charge < -0.3 is 0 Å². The monoisotopic (exact) mass is 192 g/mol. The SMILES string of the molecule is [CH2]c1csc(-c2ccccc2F)n1. The molecule has 2 aromatic rings. The van der Waals surface area contributed by atoms with E-state index in [1.54, 1.807) is 18.2 Å². The van der Waals surface area contributed by atoms with Crippen molar-refractivity contribution < 1.29 is 4.39 Å². The summed E-state index contributed by atoms with van der Waals surface area (Å²) in [7, 11) is 0. The summed E-state index contributed by atoms with van der Waals surface area (Å²) in [5.74, 6) is -0.239. The van der Waals surface area contributed by atoms with Crippen LogP contribution in [0.3, 0.4) is 0 Å². The van der Waals surface area contributed by atoms with Crippen LogP contribution in [0.2, 0.25) is 0 Å². The highest BCUT2D eigenvalue weighted by atomic mass is 32.1. The van der Waals surface area contributed by atoms with Crippen LogP contribution in [0.25, 0.3) is 10.6 Å². The first-order valence-corrected chi connectivity index (χ1v) is 4.68. The van der Waals surface area contributed by atoms with E-state index in [1.165, 1.54) is 17.4 Å². The smallest absolute Gasteiger partial charge is 0.133 e. The Morgan fingerprint density at radius 3 is 2.69 bits per heavy atom. The van der Waals surface area contributed by atoms with Crippen molar-refractivity contribution in [1.29, 1.82) is 0 Å². The number of rotatable bonds is 1. The lowest BCUT2D eigenvalue weighted by atomic mass is 10.2. The summed E-state index contributed by atoms with van der Waals surface area (Å²) in [5, 5.41) is 2.49. The van der Waals surface area contributed by atoms with Gasteiger partial charge in [-0.15, -0.1) is 11.3 Å². The molecule has 0 fully saturated rings. The number of aromatic nitrogens is 1. The Bertz CT molecular complexity index is 422. The fraction of sp³-hybridized carbons (Fsp3) is 0. The van der Waals surface area contributed by atoms with Crippen LogP contribution in [0.1, 0.15) is 5.69 Å². The molecule has 1 aromatic heterocycles. The van der Waals surface area contributed by atoms with E-state index in [0.29, 0.717) is 16.3 Å². The molecule has 13 heavy (non-hydrogen) atoms. The molecule has 0 unspecified atom stereocenters.